The first-order chi connectivity index (χ1) is 10.5. The van der Waals surface area contributed by atoms with E-state index in [4.69, 9.17) is 5.73 Å². The van der Waals surface area contributed by atoms with Gasteiger partial charge in [-0.25, -0.2) is 17.7 Å². The molecule has 0 fully saturated rings. The molecule has 3 aromatic rings. The number of anilines is 1. The predicted octanol–water partition coefficient (Wildman–Crippen LogP) is 0.672. The highest BCUT2D eigenvalue weighted by Gasteiger charge is 2.14. The zero-order valence-corrected chi connectivity index (χ0v) is 12.6. The summed E-state index contributed by atoms with van der Waals surface area (Å²) in [4.78, 5) is 8.20. The minimum Gasteiger partial charge on any atom is -0.366 e. The highest BCUT2D eigenvalue weighted by molar-refractivity contribution is 7.89. The standard InChI is InChI=1S/C13H14N6O2S/c1-2-16-22(20,21)11-5-10(7-15-8-11)9-3-4-19-12(6-9)17-13(14)18-19/h3-8,16H,2H2,1H3,(H2,14,18). The number of hydrogen-bond acceptors (Lipinski definition) is 6. The summed E-state index contributed by atoms with van der Waals surface area (Å²) in [5.41, 5.74) is 7.58. The number of aromatic nitrogens is 4. The normalized spacial score (nSPS) is 11.9. The van der Waals surface area contributed by atoms with E-state index < -0.39 is 10.0 Å². The third-order valence-corrected chi connectivity index (χ3v) is 4.56. The van der Waals surface area contributed by atoms with Crippen LogP contribution < -0.4 is 10.5 Å². The smallest absolute Gasteiger partial charge is 0.242 e. The quantitative estimate of drug-likeness (QED) is 0.730. The van der Waals surface area contributed by atoms with Crippen LogP contribution in [0.15, 0.2) is 41.7 Å². The molecule has 3 heterocycles. The second-order valence-electron chi connectivity index (χ2n) is 4.60. The molecule has 0 aliphatic carbocycles. The molecule has 0 aliphatic heterocycles. The fraction of sp³-hybridized carbons (Fsp3) is 0.154. The van der Waals surface area contributed by atoms with Crippen molar-refractivity contribution >= 4 is 21.6 Å². The number of nitrogens with zero attached hydrogens (tertiary/aromatic N) is 4. The number of nitrogens with one attached hydrogen (secondary N) is 1. The van der Waals surface area contributed by atoms with Crippen LogP contribution >= 0.6 is 0 Å². The molecule has 8 nitrogen and oxygen atoms in total. The SMILES string of the molecule is CCNS(=O)(=O)c1cncc(-c2ccn3nc(N)nc3c2)c1. The van der Waals surface area contributed by atoms with Gasteiger partial charge in [0.15, 0.2) is 5.65 Å². The van der Waals surface area contributed by atoms with Gasteiger partial charge in [-0.2, -0.15) is 4.98 Å². The number of rotatable bonds is 4. The van der Waals surface area contributed by atoms with Crippen molar-refractivity contribution in [3.63, 3.8) is 0 Å². The van der Waals surface area contributed by atoms with Crippen molar-refractivity contribution in [2.45, 2.75) is 11.8 Å². The van der Waals surface area contributed by atoms with Crippen molar-refractivity contribution in [1.82, 2.24) is 24.3 Å². The van der Waals surface area contributed by atoms with Gasteiger partial charge in [0, 0.05) is 30.7 Å². The van der Waals surface area contributed by atoms with Crippen molar-refractivity contribution in [3.8, 4) is 11.1 Å². The van der Waals surface area contributed by atoms with E-state index in [0.717, 1.165) is 5.56 Å². The Morgan fingerprint density at radius 2 is 2.09 bits per heavy atom. The predicted molar refractivity (Wildman–Crippen MR) is 81.5 cm³/mol. The fourth-order valence-corrected chi connectivity index (χ4v) is 3.10. The minimum atomic E-state index is -3.54. The molecule has 0 saturated carbocycles. The van der Waals surface area contributed by atoms with E-state index in [-0.39, 0.29) is 10.8 Å². The molecule has 0 aromatic carbocycles. The third-order valence-electron chi connectivity index (χ3n) is 3.05. The van der Waals surface area contributed by atoms with Crippen LogP contribution in [-0.4, -0.2) is 34.5 Å². The van der Waals surface area contributed by atoms with Crippen molar-refractivity contribution in [2.75, 3.05) is 12.3 Å². The van der Waals surface area contributed by atoms with Crippen molar-refractivity contribution in [3.05, 3.63) is 36.8 Å². The number of sulfonamides is 1. The zero-order valence-electron chi connectivity index (χ0n) is 11.8. The van der Waals surface area contributed by atoms with Gasteiger partial charge < -0.3 is 5.73 Å². The average molecular weight is 318 g/mol. The minimum absolute atomic E-state index is 0.118. The molecule has 9 heteroatoms. The van der Waals surface area contributed by atoms with E-state index in [1.165, 1.54) is 6.20 Å². The van der Waals surface area contributed by atoms with Crippen molar-refractivity contribution < 1.29 is 8.42 Å². The Bertz CT molecular complexity index is 935. The van der Waals surface area contributed by atoms with E-state index >= 15 is 0 Å². The van der Waals surface area contributed by atoms with E-state index in [2.05, 4.69) is 19.8 Å². The number of nitrogens with two attached hydrogens (primary N) is 1. The fourth-order valence-electron chi connectivity index (χ4n) is 2.08. The lowest BCUT2D eigenvalue weighted by atomic mass is 10.1. The molecule has 0 saturated heterocycles. The molecule has 0 bridgehead atoms. The number of hydrogen-bond donors (Lipinski definition) is 2. The van der Waals surface area contributed by atoms with Crippen LogP contribution in [0, 0.1) is 0 Å². The Kier molecular flexibility index (Phi) is 3.51. The number of pyridine rings is 2. The van der Waals surface area contributed by atoms with Gasteiger partial charge in [-0.05, 0) is 23.8 Å². The Labute approximate surface area is 127 Å². The summed E-state index contributed by atoms with van der Waals surface area (Å²) in [5, 5.41) is 3.99. The lowest BCUT2D eigenvalue weighted by molar-refractivity contribution is 0.583. The first kappa shape index (κ1) is 14.4. The van der Waals surface area contributed by atoms with Gasteiger partial charge >= 0.3 is 0 Å². The molecule has 0 unspecified atom stereocenters. The largest absolute Gasteiger partial charge is 0.366 e. The van der Waals surface area contributed by atoms with Crippen molar-refractivity contribution in [1.29, 1.82) is 0 Å². The lowest BCUT2D eigenvalue weighted by Gasteiger charge is -2.06. The van der Waals surface area contributed by atoms with Crippen LogP contribution in [0.3, 0.4) is 0 Å². The van der Waals surface area contributed by atoms with Crippen LogP contribution in [0.25, 0.3) is 16.8 Å². The summed E-state index contributed by atoms with van der Waals surface area (Å²) >= 11 is 0. The second kappa shape index (κ2) is 5.35. The van der Waals surface area contributed by atoms with Crippen LogP contribution in [0.5, 0.6) is 0 Å². The molecule has 0 amide bonds. The van der Waals surface area contributed by atoms with Gasteiger partial charge in [0.25, 0.3) is 0 Å². The third kappa shape index (κ3) is 2.63. The van der Waals surface area contributed by atoms with E-state index in [1.54, 1.807) is 42.0 Å². The molecule has 22 heavy (non-hydrogen) atoms. The van der Waals surface area contributed by atoms with Crippen LogP contribution in [0.1, 0.15) is 6.92 Å². The average Bonchev–Trinajstić information content (AvgIpc) is 2.86. The second-order valence-corrected chi connectivity index (χ2v) is 6.37. The Morgan fingerprint density at radius 1 is 1.27 bits per heavy atom. The van der Waals surface area contributed by atoms with E-state index in [9.17, 15) is 8.42 Å². The maximum absolute atomic E-state index is 12.0. The molecular weight excluding hydrogens is 304 g/mol. The molecule has 114 valence electrons. The van der Waals surface area contributed by atoms with Crippen molar-refractivity contribution in [2.24, 2.45) is 0 Å². The highest BCUT2D eigenvalue weighted by atomic mass is 32.2. The summed E-state index contributed by atoms with van der Waals surface area (Å²) in [6.45, 7) is 2.04. The summed E-state index contributed by atoms with van der Waals surface area (Å²) in [7, 11) is -3.54. The van der Waals surface area contributed by atoms with E-state index in [1.807, 2.05) is 0 Å². The topological polar surface area (TPSA) is 115 Å². The molecule has 0 aliphatic rings. The van der Waals surface area contributed by atoms with Gasteiger partial charge in [0.05, 0.1) is 0 Å². The van der Waals surface area contributed by atoms with Gasteiger partial charge in [0.2, 0.25) is 16.0 Å². The first-order valence-electron chi connectivity index (χ1n) is 6.56. The maximum atomic E-state index is 12.0. The molecule has 3 N–H and O–H groups in total. The molecule has 3 aromatic heterocycles. The van der Waals surface area contributed by atoms with Crippen LogP contribution in [0.2, 0.25) is 0 Å². The summed E-state index contributed by atoms with van der Waals surface area (Å²) in [5.74, 6) is 0.179. The summed E-state index contributed by atoms with van der Waals surface area (Å²) in [6, 6.07) is 5.13. The maximum Gasteiger partial charge on any atom is 0.242 e. The van der Waals surface area contributed by atoms with Crippen LogP contribution in [0.4, 0.5) is 5.95 Å². The zero-order chi connectivity index (χ0) is 15.7. The first-order valence-corrected chi connectivity index (χ1v) is 8.05. The highest BCUT2D eigenvalue weighted by Crippen LogP contribution is 2.22. The molecule has 0 atom stereocenters. The van der Waals surface area contributed by atoms with Gasteiger partial charge in [0.1, 0.15) is 4.90 Å². The molecular formula is C13H14N6O2S. The van der Waals surface area contributed by atoms with Crippen LogP contribution in [-0.2, 0) is 10.0 Å². The van der Waals surface area contributed by atoms with E-state index in [0.29, 0.717) is 17.8 Å². The Morgan fingerprint density at radius 3 is 2.86 bits per heavy atom. The Balaban J connectivity index is 2.07. The molecule has 3 rings (SSSR count). The molecule has 0 radical (unpaired) electrons. The van der Waals surface area contributed by atoms with Gasteiger partial charge in [-0.3, -0.25) is 4.98 Å². The monoisotopic (exact) mass is 318 g/mol. The number of nitrogen functional groups attached to an aromatic ring is 1. The molecule has 0 spiro atoms. The van der Waals surface area contributed by atoms with Gasteiger partial charge in [-0.1, -0.05) is 6.92 Å². The summed E-state index contributed by atoms with van der Waals surface area (Å²) in [6.07, 6.45) is 4.62. The van der Waals surface area contributed by atoms with Gasteiger partial charge in [-0.15, -0.1) is 5.10 Å². The Hall–Kier alpha value is -2.52. The summed E-state index contributed by atoms with van der Waals surface area (Å²) < 4.78 is 28.1. The number of fused-ring (bicyclic) bond motifs is 1. The lowest BCUT2D eigenvalue weighted by Crippen LogP contribution is -2.23.